The molecule has 0 radical (unpaired) electrons. The van der Waals surface area contributed by atoms with Gasteiger partial charge in [-0.05, 0) is 38.6 Å². The Morgan fingerprint density at radius 1 is 1.44 bits per heavy atom. The van der Waals surface area contributed by atoms with Crippen LogP contribution < -0.4 is 5.32 Å². The quantitative estimate of drug-likeness (QED) is 0.518. The first-order valence-electron chi connectivity index (χ1n) is 4.06. The van der Waals surface area contributed by atoms with Crippen molar-refractivity contribution in [3.05, 3.63) is 0 Å². The monoisotopic (exact) mass is 125 g/mol. The molecule has 1 saturated carbocycles. The lowest BCUT2D eigenvalue weighted by Crippen LogP contribution is -2.37. The Balaban J connectivity index is 2.17. The number of hydrogen-bond donors (Lipinski definition) is 1. The zero-order valence-corrected chi connectivity index (χ0v) is 6.11. The number of nitrogens with one attached hydrogen (secondary N) is 1. The van der Waals surface area contributed by atoms with Gasteiger partial charge in [0.05, 0.1) is 0 Å². The van der Waals surface area contributed by atoms with Crippen molar-refractivity contribution < 1.29 is 0 Å². The molecule has 1 aliphatic carbocycles. The Labute approximate surface area is 56.8 Å². The summed E-state index contributed by atoms with van der Waals surface area (Å²) in [6, 6.07) is 0. The molecule has 1 nitrogen and oxygen atoms in total. The van der Waals surface area contributed by atoms with Gasteiger partial charge in [0.2, 0.25) is 0 Å². The van der Waals surface area contributed by atoms with Crippen molar-refractivity contribution in [3.8, 4) is 0 Å². The minimum atomic E-state index is 0.556. The molecule has 1 saturated heterocycles. The molecule has 0 bridgehead atoms. The van der Waals surface area contributed by atoms with Gasteiger partial charge in [0.25, 0.3) is 0 Å². The second kappa shape index (κ2) is 1.72. The summed E-state index contributed by atoms with van der Waals surface area (Å²) in [5, 5.41) is 3.59. The molecule has 2 fully saturated rings. The van der Waals surface area contributed by atoms with Crippen LogP contribution in [0.5, 0.6) is 0 Å². The van der Waals surface area contributed by atoms with Crippen molar-refractivity contribution in [2.24, 2.45) is 5.92 Å². The van der Waals surface area contributed by atoms with E-state index in [9.17, 15) is 0 Å². The Hall–Kier alpha value is -0.0400. The van der Waals surface area contributed by atoms with E-state index in [2.05, 4.69) is 12.2 Å². The van der Waals surface area contributed by atoms with Gasteiger partial charge in [-0.1, -0.05) is 6.42 Å². The lowest BCUT2D eigenvalue weighted by Gasteiger charge is -2.23. The highest BCUT2D eigenvalue weighted by molar-refractivity contribution is 4.99. The highest BCUT2D eigenvalue weighted by Gasteiger charge is 2.41. The van der Waals surface area contributed by atoms with Crippen molar-refractivity contribution in [1.29, 1.82) is 0 Å². The van der Waals surface area contributed by atoms with Gasteiger partial charge in [-0.15, -0.1) is 0 Å². The predicted octanol–water partition coefficient (Wildman–Crippen LogP) is 1.54. The minimum absolute atomic E-state index is 0.556. The second-order valence-corrected chi connectivity index (χ2v) is 3.72. The van der Waals surface area contributed by atoms with Crippen LogP contribution in [0, 0.1) is 5.92 Å². The fraction of sp³-hybridized carbons (Fsp3) is 1.00. The maximum atomic E-state index is 3.59. The van der Waals surface area contributed by atoms with E-state index in [0.717, 1.165) is 5.92 Å². The molecule has 1 heteroatoms. The third kappa shape index (κ3) is 0.710. The summed E-state index contributed by atoms with van der Waals surface area (Å²) in [7, 11) is 0. The van der Waals surface area contributed by atoms with Gasteiger partial charge in [-0.25, -0.2) is 0 Å². The first-order chi connectivity index (χ1) is 4.31. The zero-order valence-electron chi connectivity index (χ0n) is 6.11. The molecular formula is C8H15N. The normalized spacial score (nSPS) is 49.7. The summed E-state index contributed by atoms with van der Waals surface area (Å²) in [6.45, 7) is 3.65. The molecule has 2 atom stereocenters. The average molecular weight is 125 g/mol. The highest BCUT2D eigenvalue weighted by atomic mass is 15.0. The molecule has 1 heterocycles. The Bertz CT molecular complexity index is 110. The van der Waals surface area contributed by atoms with Crippen LogP contribution in [0.25, 0.3) is 0 Å². The van der Waals surface area contributed by atoms with E-state index in [0.29, 0.717) is 5.54 Å². The molecule has 0 aromatic heterocycles. The average Bonchev–Trinajstić information content (AvgIpc) is 2.22. The number of fused-ring (bicyclic) bond motifs is 1. The van der Waals surface area contributed by atoms with E-state index in [1.54, 1.807) is 0 Å². The van der Waals surface area contributed by atoms with E-state index < -0.39 is 0 Å². The molecule has 1 aliphatic heterocycles. The maximum absolute atomic E-state index is 3.59. The maximum Gasteiger partial charge on any atom is 0.0181 e. The third-order valence-electron chi connectivity index (χ3n) is 3.17. The molecule has 0 amide bonds. The second-order valence-electron chi connectivity index (χ2n) is 3.72. The fourth-order valence-electron chi connectivity index (χ4n) is 2.47. The SMILES string of the molecule is C[C@@]12CCC[C@@H]1CCN2. The van der Waals surface area contributed by atoms with Gasteiger partial charge in [-0.3, -0.25) is 0 Å². The number of hydrogen-bond acceptors (Lipinski definition) is 1. The van der Waals surface area contributed by atoms with Crippen LogP contribution in [-0.4, -0.2) is 12.1 Å². The van der Waals surface area contributed by atoms with Crippen LogP contribution in [0.1, 0.15) is 32.6 Å². The molecule has 52 valence electrons. The summed E-state index contributed by atoms with van der Waals surface area (Å²) < 4.78 is 0. The van der Waals surface area contributed by atoms with Gasteiger partial charge < -0.3 is 5.32 Å². The van der Waals surface area contributed by atoms with E-state index in [-0.39, 0.29) is 0 Å². The summed E-state index contributed by atoms with van der Waals surface area (Å²) in [5.74, 6) is 1.01. The van der Waals surface area contributed by atoms with Crippen molar-refractivity contribution in [2.45, 2.75) is 38.1 Å². The molecule has 0 spiro atoms. The van der Waals surface area contributed by atoms with E-state index >= 15 is 0 Å². The van der Waals surface area contributed by atoms with E-state index in [1.165, 1.54) is 32.2 Å². The predicted molar refractivity (Wildman–Crippen MR) is 38.4 cm³/mol. The standard InChI is InChI=1S/C8H15N/c1-8-5-2-3-7(8)4-6-9-8/h7,9H,2-6H2,1H3/t7-,8-/m1/s1. The van der Waals surface area contributed by atoms with Crippen molar-refractivity contribution in [1.82, 2.24) is 5.32 Å². The lowest BCUT2D eigenvalue weighted by molar-refractivity contribution is 0.356. The van der Waals surface area contributed by atoms with Crippen LogP contribution in [0.2, 0.25) is 0 Å². The van der Waals surface area contributed by atoms with E-state index in [1.807, 2.05) is 0 Å². The van der Waals surface area contributed by atoms with Gasteiger partial charge in [0.1, 0.15) is 0 Å². The smallest absolute Gasteiger partial charge is 0.0181 e. The van der Waals surface area contributed by atoms with Crippen molar-refractivity contribution >= 4 is 0 Å². The first kappa shape index (κ1) is 5.72. The zero-order chi connectivity index (χ0) is 6.32. The van der Waals surface area contributed by atoms with E-state index in [4.69, 9.17) is 0 Å². The minimum Gasteiger partial charge on any atom is -0.311 e. The first-order valence-corrected chi connectivity index (χ1v) is 4.06. The summed E-state index contributed by atoms with van der Waals surface area (Å²) in [6.07, 6.45) is 5.77. The van der Waals surface area contributed by atoms with Crippen LogP contribution in [0.3, 0.4) is 0 Å². The molecule has 1 N–H and O–H groups in total. The van der Waals surface area contributed by atoms with Crippen molar-refractivity contribution in [3.63, 3.8) is 0 Å². The molecule has 0 unspecified atom stereocenters. The van der Waals surface area contributed by atoms with Crippen LogP contribution >= 0.6 is 0 Å². The molecule has 0 aromatic carbocycles. The Kier molecular flexibility index (Phi) is 1.10. The summed E-state index contributed by atoms with van der Waals surface area (Å²) in [4.78, 5) is 0. The number of rotatable bonds is 0. The topological polar surface area (TPSA) is 12.0 Å². The molecule has 9 heavy (non-hydrogen) atoms. The summed E-state index contributed by atoms with van der Waals surface area (Å²) in [5.41, 5.74) is 0.556. The molecule has 2 aliphatic rings. The molecular weight excluding hydrogens is 110 g/mol. The Morgan fingerprint density at radius 3 is 3.11 bits per heavy atom. The van der Waals surface area contributed by atoms with Gasteiger partial charge >= 0.3 is 0 Å². The van der Waals surface area contributed by atoms with Gasteiger partial charge in [0, 0.05) is 5.54 Å². The highest BCUT2D eigenvalue weighted by Crippen LogP contribution is 2.40. The Morgan fingerprint density at radius 2 is 2.33 bits per heavy atom. The molecule has 2 rings (SSSR count). The van der Waals surface area contributed by atoms with Gasteiger partial charge in [-0.2, -0.15) is 0 Å². The lowest BCUT2D eigenvalue weighted by atomic mass is 9.91. The fourth-order valence-corrected chi connectivity index (χ4v) is 2.47. The van der Waals surface area contributed by atoms with Crippen LogP contribution in [0.15, 0.2) is 0 Å². The third-order valence-corrected chi connectivity index (χ3v) is 3.17. The summed E-state index contributed by atoms with van der Waals surface area (Å²) >= 11 is 0. The van der Waals surface area contributed by atoms with Crippen LogP contribution in [0.4, 0.5) is 0 Å². The van der Waals surface area contributed by atoms with Crippen LogP contribution in [-0.2, 0) is 0 Å². The molecule has 0 aromatic rings. The largest absolute Gasteiger partial charge is 0.311 e. The van der Waals surface area contributed by atoms with Gasteiger partial charge in [0.15, 0.2) is 0 Å². The van der Waals surface area contributed by atoms with Crippen molar-refractivity contribution in [2.75, 3.05) is 6.54 Å².